The van der Waals surface area contributed by atoms with Crippen LogP contribution in [0.2, 0.25) is 0 Å². The number of ether oxygens (including phenoxy) is 1. The molecular weight excluding hydrogens is 164 g/mol. The Bertz CT molecular complexity index is 297. The third-order valence-corrected chi connectivity index (χ3v) is 2.48. The van der Waals surface area contributed by atoms with E-state index in [4.69, 9.17) is 10.5 Å². The van der Waals surface area contributed by atoms with Crippen molar-refractivity contribution in [2.24, 2.45) is 11.7 Å². The summed E-state index contributed by atoms with van der Waals surface area (Å²) in [5, 5.41) is 0. The summed E-state index contributed by atoms with van der Waals surface area (Å²) in [4.78, 5) is 4.08. The van der Waals surface area contributed by atoms with E-state index >= 15 is 0 Å². The van der Waals surface area contributed by atoms with Gasteiger partial charge in [-0.1, -0.05) is 0 Å². The van der Waals surface area contributed by atoms with E-state index in [0.717, 1.165) is 11.3 Å². The number of aromatic nitrogens is 1. The summed E-state index contributed by atoms with van der Waals surface area (Å²) in [5.74, 6) is 1.45. The number of nitrogens with two attached hydrogens (primary N) is 1. The van der Waals surface area contributed by atoms with Gasteiger partial charge in [-0.15, -0.1) is 0 Å². The van der Waals surface area contributed by atoms with E-state index in [-0.39, 0.29) is 6.04 Å². The highest BCUT2D eigenvalue weighted by atomic mass is 16.5. The standard InChI is InChI=1S/C10H14N2O/c1-13-9-4-8(5-12-6-9)10(11)7-2-3-7/h4-7,10H,2-3,11H2,1H3. The molecule has 1 aliphatic rings. The second kappa shape index (κ2) is 3.34. The third-order valence-electron chi connectivity index (χ3n) is 2.48. The number of hydrogen-bond donors (Lipinski definition) is 1. The zero-order chi connectivity index (χ0) is 9.26. The Hall–Kier alpha value is -1.09. The molecule has 0 saturated heterocycles. The molecule has 1 aromatic heterocycles. The maximum Gasteiger partial charge on any atom is 0.137 e. The molecule has 0 aromatic carbocycles. The van der Waals surface area contributed by atoms with E-state index in [1.165, 1.54) is 12.8 Å². The highest BCUT2D eigenvalue weighted by molar-refractivity contribution is 5.26. The second-order valence-electron chi connectivity index (χ2n) is 3.52. The minimum absolute atomic E-state index is 0.141. The topological polar surface area (TPSA) is 48.1 Å². The molecule has 0 aliphatic heterocycles. The van der Waals surface area contributed by atoms with Gasteiger partial charge < -0.3 is 10.5 Å². The first kappa shape index (κ1) is 8.51. The first-order valence-electron chi connectivity index (χ1n) is 4.56. The van der Waals surface area contributed by atoms with Crippen LogP contribution < -0.4 is 10.5 Å². The molecule has 1 fully saturated rings. The van der Waals surface area contributed by atoms with Crippen molar-refractivity contribution in [1.82, 2.24) is 4.98 Å². The predicted octanol–water partition coefficient (Wildman–Crippen LogP) is 1.50. The van der Waals surface area contributed by atoms with Crippen molar-refractivity contribution < 1.29 is 4.74 Å². The van der Waals surface area contributed by atoms with Crippen LogP contribution in [0.5, 0.6) is 5.75 Å². The van der Waals surface area contributed by atoms with E-state index in [1.807, 2.05) is 12.3 Å². The smallest absolute Gasteiger partial charge is 0.137 e. The SMILES string of the molecule is COc1cncc(C(N)C2CC2)c1. The Balaban J connectivity index is 2.18. The van der Waals surface area contributed by atoms with Crippen molar-refractivity contribution in [3.05, 3.63) is 24.0 Å². The van der Waals surface area contributed by atoms with Crippen LogP contribution >= 0.6 is 0 Å². The highest BCUT2D eigenvalue weighted by Gasteiger charge is 2.29. The van der Waals surface area contributed by atoms with E-state index < -0.39 is 0 Å². The normalized spacial score (nSPS) is 18.3. The molecule has 0 bridgehead atoms. The van der Waals surface area contributed by atoms with Crippen molar-refractivity contribution in [2.45, 2.75) is 18.9 Å². The van der Waals surface area contributed by atoms with Crippen molar-refractivity contribution >= 4 is 0 Å². The minimum atomic E-state index is 0.141. The molecule has 3 heteroatoms. The number of nitrogens with zero attached hydrogens (tertiary/aromatic N) is 1. The van der Waals surface area contributed by atoms with Gasteiger partial charge in [0.05, 0.1) is 13.3 Å². The summed E-state index contributed by atoms with van der Waals surface area (Å²) in [6, 6.07) is 2.11. The van der Waals surface area contributed by atoms with Crippen molar-refractivity contribution in [3.63, 3.8) is 0 Å². The van der Waals surface area contributed by atoms with Gasteiger partial charge in [-0.2, -0.15) is 0 Å². The lowest BCUT2D eigenvalue weighted by Gasteiger charge is -2.10. The van der Waals surface area contributed by atoms with Gasteiger partial charge in [0, 0.05) is 12.2 Å². The van der Waals surface area contributed by atoms with Crippen LogP contribution in [-0.4, -0.2) is 12.1 Å². The fraction of sp³-hybridized carbons (Fsp3) is 0.500. The molecule has 1 aromatic rings. The predicted molar refractivity (Wildman–Crippen MR) is 50.4 cm³/mol. The summed E-state index contributed by atoms with van der Waals surface area (Å²) in [6.07, 6.45) is 6.02. The molecule has 0 amide bonds. The number of methoxy groups -OCH3 is 1. The van der Waals surface area contributed by atoms with Crippen molar-refractivity contribution in [1.29, 1.82) is 0 Å². The summed E-state index contributed by atoms with van der Waals surface area (Å²) in [5.41, 5.74) is 7.11. The quantitative estimate of drug-likeness (QED) is 0.763. The Morgan fingerprint density at radius 2 is 2.31 bits per heavy atom. The van der Waals surface area contributed by atoms with Gasteiger partial charge in [0.1, 0.15) is 5.75 Å². The zero-order valence-corrected chi connectivity index (χ0v) is 7.73. The van der Waals surface area contributed by atoms with Gasteiger partial charge in [-0.25, -0.2) is 0 Å². The highest BCUT2D eigenvalue weighted by Crippen LogP contribution is 2.39. The molecule has 0 spiro atoms. The molecule has 13 heavy (non-hydrogen) atoms. The summed E-state index contributed by atoms with van der Waals surface area (Å²) >= 11 is 0. The number of pyridine rings is 1. The van der Waals surface area contributed by atoms with Crippen LogP contribution in [0.15, 0.2) is 18.5 Å². The Kier molecular flexibility index (Phi) is 2.19. The van der Waals surface area contributed by atoms with Crippen LogP contribution in [0.1, 0.15) is 24.4 Å². The van der Waals surface area contributed by atoms with Crippen LogP contribution in [0.25, 0.3) is 0 Å². The second-order valence-corrected chi connectivity index (χ2v) is 3.52. The first-order valence-corrected chi connectivity index (χ1v) is 4.56. The lowest BCUT2D eigenvalue weighted by Crippen LogP contribution is -2.12. The van der Waals surface area contributed by atoms with Crippen LogP contribution in [-0.2, 0) is 0 Å². The largest absolute Gasteiger partial charge is 0.495 e. The van der Waals surface area contributed by atoms with Crippen LogP contribution in [0.3, 0.4) is 0 Å². The third kappa shape index (κ3) is 1.80. The van der Waals surface area contributed by atoms with E-state index in [2.05, 4.69) is 4.98 Å². The minimum Gasteiger partial charge on any atom is -0.495 e. The van der Waals surface area contributed by atoms with Gasteiger partial charge in [0.25, 0.3) is 0 Å². The molecule has 70 valence electrons. The fourth-order valence-corrected chi connectivity index (χ4v) is 1.46. The number of hydrogen-bond acceptors (Lipinski definition) is 3. The van der Waals surface area contributed by atoms with E-state index in [0.29, 0.717) is 5.92 Å². The summed E-state index contributed by atoms with van der Waals surface area (Å²) in [7, 11) is 1.64. The molecular formula is C10H14N2O. The van der Waals surface area contributed by atoms with Crippen molar-refractivity contribution in [3.8, 4) is 5.75 Å². The Labute approximate surface area is 77.9 Å². The summed E-state index contributed by atoms with van der Waals surface area (Å²) in [6.45, 7) is 0. The zero-order valence-electron chi connectivity index (χ0n) is 7.73. The number of rotatable bonds is 3. The van der Waals surface area contributed by atoms with Gasteiger partial charge in [-0.3, -0.25) is 4.98 Å². The Morgan fingerprint density at radius 3 is 2.92 bits per heavy atom. The molecule has 0 radical (unpaired) electrons. The summed E-state index contributed by atoms with van der Waals surface area (Å²) < 4.78 is 5.09. The van der Waals surface area contributed by atoms with Gasteiger partial charge >= 0.3 is 0 Å². The molecule has 3 nitrogen and oxygen atoms in total. The average molecular weight is 178 g/mol. The van der Waals surface area contributed by atoms with Crippen molar-refractivity contribution in [2.75, 3.05) is 7.11 Å². The lowest BCUT2D eigenvalue weighted by molar-refractivity contribution is 0.411. The van der Waals surface area contributed by atoms with E-state index in [1.54, 1.807) is 13.3 Å². The average Bonchev–Trinajstić information content (AvgIpc) is 3.00. The van der Waals surface area contributed by atoms with Gasteiger partial charge in [0.15, 0.2) is 0 Å². The van der Waals surface area contributed by atoms with Gasteiger partial charge in [0.2, 0.25) is 0 Å². The fourth-order valence-electron chi connectivity index (χ4n) is 1.46. The maximum atomic E-state index is 6.03. The van der Waals surface area contributed by atoms with E-state index in [9.17, 15) is 0 Å². The maximum absolute atomic E-state index is 6.03. The molecule has 1 atom stereocenters. The molecule has 1 heterocycles. The van der Waals surface area contributed by atoms with Crippen LogP contribution in [0.4, 0.5) is 0 Å². The van der Waals surface area contributed by atoms with Gasteiger partial charge in [-0.05, 0) is 30.4 Å². The Morgan fingerprint density at radius 1 is 1.54 bits per heavy atom. The van der Waals surface area contributed by atoms with Crippen LogP contribution in [0, 0.1) is 5.92 Å². The molecule has 2 N–H and O–H groups in total. The monoisotopic (exact) mass is 178 g/mol. The molecule has 1 aliphatic carbocycles. The molecule has 1 unspecified atom stereocenters. The lowest BCUT2D eigenvalue weighted by atomic mass is 10.1. The molecule has 1 saturated carbocycles. The molecule has 2 rings (SSSR count). The first-order chi connectivity index (χ1) is 6.31.